The van der Waals surface area contributed by atoms with Crippen molar-refractivity contribution < 1.29 is 0 Å². The molecule has 0 spiro atoms. The normalized spacial score (nSPS) is 10.1. The first-order valence-corrected chi connectivity index (χ1v) is 6.84. The number of benzene rings is 1. The lowest BCUT2D eigenvalue weighted by Crippen LogP contribution is -2.11. The van der Waals surface area contributed by atoms with Crippen LogP contribution in [0.25, 0.3) is 0 Å². The Bertz CT molecular complexity index is 599. The van der Waals surface area contributed by atoms with Crippen molar-refractivity contribution in [3.8, 4) is 0 Å². The van der Waals surface area contributed by atoms with Crippen LogP contribution >= 0.6 is 34.8 Å². The highest BCUT2D eigenvalue weighted by molar-refractivity contribution is 14.1. The Morgan fingerprint density at radius 3 is 2.89 bits per heavy atom. The van der Waals surface area contributed by atoms with Gasteiger partial charge in [0.05, 0.1) is 5.69 Å². The van der Waals surface area contributed by atoms with Crippen LogP contribution in [0.4, 0.5) is 11.4 Å². The zero-order valence-electron chi connectivity index (χ0n) is 9.77. The van der Waals surface area contributed by atoms with Gasteiger partial charge < -0.3 is 11.1 Å². The van der Waals surface area contributed by atoms with E-state index in [1.54, 1.807) is 6.20 Å². The predicted molar refractivity (Wildman–Crippen MR) is 87.3 cm³/mol. The lowest BCUT2D eigenvalue weighted by atomic mass is 10.2. The standard InChI is InChI=1S/C13H12IN3S/c1-8-10(14)3-2-4-11(8)17-9-5-6-16-12(7-9)13(15)18/h2-7H,1H3,(H2,15,18)(H,16,17). The Morgan fingerprint density at radius 2 is 2.17 bits per heavy atom. The molecule has 1 aromatic heterocycles. The number of pyridine rings is 1. The van der Waals surface area contributed by atoms with Crippen LogP contribution in [-0.2, 0) is 0 Å². The van der Waals surface area contributed by atoms with E-state index in [9.17, 15) is 0 Å². The lowest BCUT2D eigenvalue weighted by molar-refractivity contribution is 1.28. The molecule has 3 N–H and O–H groups in total. The number of hydrogen-bond acceptors (Lipinski definition) is 3. The summed E-state index contributed by atoms with van der Waals surface area (Å²) in [6, 6.07) is 9.88. The van der Waals surface area contributed by atoms with Crippen molar-refractivity contribution in [3.05, 3.63) is 51.4 Å². The van der Waals surface area contributed by atoms with Gasteiger partial charge in [-0.15, -0.1) is 0 Å². The molecule has 5 heteroatoms. The fraction of sp³-hybridized carbons (Fsp3) is 0.0769. The van der Waals surface area contributed by atoms with Gasteiger partial charge in [0.25, 0.3) is 0 Å². The molecular formula is C13H12IN3S. The maximum Gasteiger partial charge on any atom is 0.122 e. The molecule has 0 bridgehead atoms. The summed E-state index contributed by atoms with van der Waals surface area (Å²) in [6.07, 6.45) is 1.69. The van der Waals surface area contributed by atoms with Crippen molar-refractivity contribution in [1.82, 2.24) is 4.98 Å². The number of thiocarbonyl (C=S) groups is 1. The number of nitrogens with zero attached hydrogens (tertiary/aromatic N) is 1. The Morgan fingerprint density at radius 1 is 1.39 bits per heavy atom. The SMILES string of the molecule is Cc1c(I)cccc1Nc1ccnc(C(N)=S)c1. The average molecular weight is 369 g/mol. The Labute approximate surface area is 125 Å². The number of hydrogen-bond donors (Lipinski definition) is 2. The van der Waals surface area contributed by atoms with Gasteiger partial charge in [0, 0.05) is 21.1 Å². The molecule has 18 heavy (non-hydrogen) atoms. The van der Waals surface area contributed by atoms with Gasteiger partial charge in [-0.1, -0.05) is 18.3 Å². The molecular weight excluding hydrogens is 357 g/mol. The molecule has 0 radical (unpaired) electrons. The summed E-state index contributed by atoms with van der Waals surface area (Å²) in [7, 11) is 0. The van der Waals surface area contributed by atoms with E-state index in [-0.39, 0.29) is 0 Å². The molecule has 0 aliphatic rings. The minimum atomic E-state index is 0.304. The number of rotatable bonds is 3. The number of nitrogens with one attached hydrogen (secondary N) is 1. The van der Waals surface area contributed by atoms with Crippen LogP contribution in [0.3, 0.4) is 0 Å². The second kappa shape index (κ2) is 5.62. The second-order valence-corrected chi connectivity index (χ2v) is 5.43. The Hall–Kier alpha value is -1.21. The fourth-order valence-corrected chi connectivity index (χ4v) is 2.15. The molecule has 0 saturated carbocycles. The molecule has 2 rings (SSSR count). The van der Waals surface area contributed by atoms with Crippen molar-refractivity contribution in [2.75, 3.05) is 5.32 Å². The van der Waals surface area contributed by atoms with Gasteiger partial charge in [-0.3, -0.25) is 4.98 Å². The summed E-state index contributed by atoms with van der Waals surface area (Å²) >= 11 is 7.24. The molecule has 3 nitrogen and oxygen atoms in total. The van der Waals surface area contributed by atoms with Gasteiger partial charge in [-0.05, 0) is 59.3 Å². The largest absolute Gasteiger partial charge is 0.388 e. The van der Waals surface area contributed by atoms with Gasteiger partial charge in [0.15, 0.2) is 0 Å². The first-order valence-electron chi connectivity index (χ1n) is 5.36. The van der Waals surface area contributed by atoms with Gasteiger partial charge in [-0.25, -0.2) is 0 Å². The number of nitrogens with two attached hydrogens (primary N) is 1. The number of aromatic nitrogens is 1. The van der Waals surface area contributed by atoms with Gasteiger partial charge in [0.2, 0.25) is 0 Å². The minimum absolute atomic E-state index is 0.304. The van der Waals surface area contributed by atoms with Gasteiger partial charge in [-0.2, -0.15) is 0 Å². The van der Waals surface area contributed by atoms with Crippen molar-refractivity contribution in [1.29, 1.82) is 0 Å². The van der Waals surface area contributed by atoms with Crippen LogP contribution in [0.5, 0.6) is 0 Å². The smallest absolute Gasteiger partial charge is 0.122 e. The molecule has 1 aromatic carbocycles. The van der Waals surface area contributed by atoms with Gasteiger partial charge in [0.1, 0.15) is 4.99 Å². The van der Waals surface area contributed by atoms with E-state index >= 15 is 0 Å². The third kappa shape index (κ3) is 2.97. The first kappa shape index (κ1) is 13.2. The molecule has 0 aliphatic carbocycles. The summed E-state index contributed by atoms with van der Waals surface area (Å²) < 4.78 is 1.22. The molecule has 0 saturated heterocycles. The maximum absolute atomic E-state index is 5.57. The number of halogens is 1. The molecule has 0 atom stereocenters. The minimum Gasteiger partial charge on any atom is -0.388 e. The molecule has 0 amide bonds. The quantitative estimate of drug-likeness (QED) is 0.644. The zero-order valence-corrected chi connectivity index (χ0v) is 12.7. The van der Waals surface area contributed by atoms with E-state index in [2.05, 4.69) is 45.9 Å². The summed E-state index contributed by atoms with van der Waals surface area (Å²) in [4.78, 5) is 4.42. The highest BCUT2D eigenvalue weighted by Crippen LogP contribution is 2.24. The number of anilines is 2. The van der Waals surface area contributed by atoms with Crippen molar-refractivity contribution in [2.24, 2.45) is 5.73 Å². The molecule has 2 aromatic rings. The summed E-state index contributed by atoms with van der Waals surface area (Å²) in [5.74, 6) is 0. The van der Waals surface area contributed by atoms with Crippen molar-refractivity contribution >= 4 is 51.2 Å². The van der Waals surface area contributed by atoms with Crippen molar-refractivity contribution in [3.63, 3.8) is 0 Å². The average Bonchev–Trinajstić information content (AvgIpc) is 2.35. The lowest BCUT2D eigenvalue weighted by Gasteiger charge is -2.11. The van der Waals surface area contributed by atoms with Crippen LogP contribution < -0.4 is 11.1 Å². The molecule has 0 aliphatic heterocycles. The van der Waals surface area contributed by atoms with Crippen LogP contribution in [0.2, 0.25) is 0 Å². The molecule has 92 valence electrons. The third-order valence-corrected chi connectivity index (χ3v) is 3.94. The molecule has 0 unspecified atom stereocenters. The summed E-state index contributed by atoms with van der Waals surface area (Å²) in [5, 5.41) is 3.35. The Balaban J connectivity index is 2.31. The fourth-order valence-electron chi connectivity index (χ4n) is 1.54. The predicted octanol–water partition coefficient (Wildman–Crippen LogP) is 3.37. The topological polar surface area (TPSA) is 50.9 Å². The van der Waals surface area contributed by atoms with E-state index < -0.39 is 0 Å². The molecule has 0 fully saturated rings. The Kier molecular flexibility index (Phi) is 4.13. The zero-order chi connectivity index (χ0) is 13.1. The molecule has 1 heterocycles. The van der Waals surface area contributed by atoms with E-state index in [1.807, 2.05) is 24.3 Å². The van der Waals surface area contributed by atoms with Gasteiger partial charge >= 0.3 is 0 Å². The first-order chi connectivity index (χ1) is 8.58. The highest BCUT2D eigenvalue weighted by atomic mass is 127. The summed E-state index contributed by atoms with van der Waals surface area (Å²) in [5.41, 5.74) is 9.41. The third-order valence-electron chi connectivity index (χ3n) is 2.56. The summed E-state index contributed by atoms with van der Waals surface area (Å²) in [6.45, 7) is 2.08. The monoisotopic (exact) mass is 369 g/mol. The van der Waals surface area contributed by atoms with E-state index in [1.165, 1.54) is 9.13 Å². The van der Waals surface area contributed by atoms with Crippen LogP contribution in [0.1, 0.15) is 11.3 Å². The van der Waals surface area contributed by atoms with E-state index in [0.717, 1.165) is 11.4 Å². The van der Waals surface area contributed by atoms with E-state index in [4.69, 9.17) is 18.0 Å². The second-order valence-electron chi connectivity index (χ2n) is 3.83. The van der Waals surface area contributed by atoms with E-state index in [0.29, 0.717) is 10.7 Å². The highest BCUT2D eigenvalue weighted by Gasteiger charge is 2.04. The van der Waals surface area contributed by atoms with Crippen LogP contribution in [-0.4, -0.2) is 9.97 Å². The van der Waals surface area contributed by atoms with Crippen LogP contribution in [0, 0.1) is 10.5 Å². The van der Waals surface area contributed by atoms with Crippen LogP contribution in [0.15, 0.2) is 36.5 Å². The van der Waals surface area contributed by atoms with Crippen molar-refractivity contribution in [2.45, 2.75) is 6.92 Å². The maximum atomic E-state index is 5.57.